The Bertz CT molecular complexity index is 1490. The van der Waals surface area contributed by atoms with Crippen LogP contribution in [-0.2, 0) is 6.54 Å². The van der Waals surface area contributed by atoms with Crippen LogP contribution in [-0.4, -0.2) is 34.2 Å². The molecule has 0 amide bonds. The van der Waals surface area contributed by atoms with Crippen molar-refractivity contribution in [2.75, 3.05) is 13.2 Å². The van der Waals surface area contributed by atoms with Gasteiger partial charge in [-0.15, -0.1) is 0 Å². The fourth-order valence-corrected chi connectivity index (χ4v) is 4.27. The lowest BCUT2D eigenvalue weighted by molar-refractivity contribution is 0.281. The van der Waals surface area contributed by atoms with Gasteiger partial charge in [-0.3, -0.25) is 0 Å². The van der Waals surface area contributed by atoms with Gasteiger partial charge in [0.2, 0.25) is 0 Å². The Labute approximate surface area is 191 Å². The summed E-state index contributed by atoms with van der Waals surface area (Å²) in [5, 5.41) is 1.42. The minimum Gasteiger partial charge on any atom is -0.491 e. The predicted octanol–water partition coefficient (Wildman–Crippen LogP) is 4.14. The maximum Gasteiger partial charge on any atom is 0.136 e. The summed E-state index contributed by atoms with van der Waals surface area (Å²) in [6.07, 6.45) is 1.73. The van der Waals surface area contributed by atoms with Crippen molar-refractivity contribution in [3.05, 3.63) is 82.2 Å². The van der Waals surface area contributed by atoms with Crippen LogP contribution in [0.4, 0.5) is 4.39 Å². The van der Waals surface area contributed by atoms with E-state index in [0.29, 0.717) is 30.7 Å². The average molecular weight is 441 g/mol. The molecule has 1 aliphatic heterocycles. The Morgan fingerprint density at radius 1 is 1.15 bits per heavy atom. The van der Waals surface area contributed by atoms with Crippen molar-refractivity contribution in [2.24, 2.45) is 4.99 Å². The number of fused-ring (bicyclic) bond motifs is 2. The summed E-state index contributed by atoms with van der Waals surface area (Å²) in [6.45, 7) is 9.63. The number of H-pyrrole nitrogens is 1. The Morgan fingerprint density at radius 3 is 2.82 bits per heavy atom. The van der Waals surface area contributed by atoms with E-state index >= 15 is 0 Å². The third-order valence-electron chi connectivity index (χ3n) is 5.84. The summed E-state index contributed by atoms with van der Waals surface area (Å²) < 4.78 is 20.1. The molecule has 33 heavy (non-hydrogen) atoms. The molecule has 5 rings (SSSR count). The van der Waals surface area contributed by atoms with Gasteiger partial charge in [-0.2, -0.15) is 0 Å². The first-order valence-electron chi connectivity index (χ1n) is 11.0. The molecule has 1 N–H and O–H groups in total. The quantitative estimate of drug-likeness (QED) is 0.487. The van der Waals surface area contributed by atoms with Crippen molar-refractivity contribution in [3.8, 4) is 16.9 Å². The van der Waals surface area contributed by atoms with Crippen molar-refractivity contribution in [2.45, 2.75) is 20.4 Å². The van der Waals surface area contributed by atoms with Gasteiger partial charge in [-0.05, 0) is 66.6 Å². The number of rotatable bonds is 3. The highest BCUT2D eigenvalue weighted by molar-refractivity contribution is 5.82. The first kappa shape index (κ1) is 20.9. The van der Waals surface area contributed by atoms with E-state index in [0.717, 1.165) is 44.5 Å². The zero-order chi connectivity index (χ0) is 22.9. The Balaban J connectivity index is 1.57. The number of halogens is 1. The highest BCUT2D eigenvalue weighted by Gasteiger charge is 2.19. The van der Waals surface area contributed by atoms with Crippen molar-refractivity contribution in [3.63, 3.8) is 0 Å². The molecule has 5 nitrogen and oxygen atoms in total. The third kappa shape index (κ3) is 4.12. The van der Waals surface area contributed by atoms with Gasteiger partial charge in [0.1, 0.15) is 29.8 Å². The maximum atomic E-state index is 14.0. The molecule has 0 bridgehead atoms. The van der Waals surface area contributed by atoms with Gasteiger partial charge in [0.15, 0.2) is 0 Å². The molecular formula is C27H25FN4O. The van der Waals surface area contributed by atoms with Crippen LogP contribution in [0.25, 0.3) is 34.6 Å². The SMILES string of the molecule is C=c1ccc(F)c/c1=C(/N=C\C)N1CCOc2ccc(-c3ccc4nc(C)[nH]c4c3)cc2C1. The number of imidazole rings is 1. The molecule has 0 aliphatic carbocycles. The number of aromatic amines is 1. The summed E-state index contributed by atoms with van der Waals surface area (Å²) in [7, 11) is 0. The Morgan fingerprint density at radius 2 is 1.97 bits per heavy atom. The highest BCUT2D eigenvalue weighted by atomic mass is 19.1. The molecule has 166 valence electrons. The third-order valence-corrected chi connectivity index (χ3v) is 5.84. The number of benzene rings is 3. The van der Waals surface area contributed by atoms with E-state index in [2.05, 4.69) is 50.7 Å². The fourth-order valence-electron chi connectivity index (χ4n) is 4.27. The van der Waals surface area contributed by atoms with E-state index in [1.165, 1.54) is 12.1 Å². The molecule has 6 heteroatoms. The molecule has 0 spiro atoms. The van der Waals surface area contributed by atoms with Crippen molar-refractivity contribution in [1.82, 2.24) is 14.9 Å². The highest BCUT2D eigenvalue weighted by Crippen LogP contribution is 2.31. The lowest BCUT2D eigenvalue weighted by Gasteiger charge is -2.22. The Hall–Kier alpha value is -3.93. The van der Waals surface area contributed by atoms with Crippen LogP contribution in [0.2, 0.25) is 0 Å². The standard InChI is InChI=1S/C27H25FN4O/c1-4-29-27(23-15-22(28)8-5-17(23)2)32-11-12-33-26-10-7-19(13-21(26)16-32)20-6-9-24-25(14-20)31-18(3)30-24/h4-10,13-15H,2,11-12,16H2,1,3H3,(H,30,31)/b27-23+,29-4-. The molecule has 0 fully saturated rings. The van der Waals surface area contributed by atoms with Crippen molar-refractivity contribution < 1.29 is 9.13 Å². The number of nitrogens with one attached hydrogen (secondary N) is 1. The van der Waals surface area contributed by atoms with Gasteiger partial charge in [0, 0.05) is 23.5 Å². The lowest BCUT2D eigenvalue weighted by atomic mass is 10.0. The van der Waals surface area contributed by atoms with Gasteiger partial charge in [0.05, 0.1) is 17.6 Å². The molecule has 0 atom stereocenters. The summed E-state index contributed by atoms with van der Waals surface area (Å²) in [5.74, 6) is 2.14. The van der Waals surface area contributed by atoms with E-state index in [1.807, 2.05) is 26.0 Å². The van der Waals surface area contributed by atoms with E-state index in [-0.39, 0.29) is 5.82 Å². The number of aryl methyl sites for hydroxylation is 1. The van der Waals surface area contributed by atoms with Crippen LogP contribution in [0.3, 0.4) is 0 Å². The van der Waals surface area contributed by atoms with Crippen LogP contribution >= 0.6 is 0 Å². The van der Waals surface area contributed by atoms with E-state index in [9.17, 15) is 4.39 Å². The molecule has 1 aromatic heterocycles. The molecule has 2 heterocycles. The van der Waals surface area contributed by atoms with Gasteiger partial charge >= 0.3 is 0 Å². The largest absolute Gasteiger partial charge is 0.491 e. The van der Waals surface area contributed by atoms with E-state index in [4.69, 9.17) is 4.74 Å². The molecule has 3 aromatic carbocycles. The number of hydrogen-bond acceptors (Lipinski definition) is 4. The molecule has 1 aliphatic rings. The maximum absolute atomic E-state index is 14.0. The number of aliphatic imine (C=N–C) groups is 1. The van der Waals surface area contributed by atoms with Crippen molar-refractivity contribution in [1.29, 1.82) is 0 Å². The van der Waals surface area contributed by atoms with E-state index in [1.54, 1.807) is 12.3 Å². The average Bonchev–Trinajstić information content (AvgIpc) is 3.05. The molecule has 0 radical (unpaired) electrons. The second kappa shape index (κ2) is 8.54. The van der Waals surface area contributed by atoms with Crippen LogP contribution in [0, 0.1) is 12.7 Å². The predicted molar refractivity (Wildman–Crippen MR) is 131 cm³/mol. The van der Waals surface area contributed by atoms with Crippen molar-refractivity contribution >= 4 is 29.6 Å². The molecular weight excluding hydrogens is 415 g/mol. The first-order valence-corrected chi connectivity index (χ1v) is 11.0. The summed E-state index contributed by atoms with van der Waals surface area (Å²) in [6, 6.07) is 17.1. The topological polar surface area (TPSA) is 53.5 Å². The number of nitrogens with zero attached hydrogens (tertiary/aromatic N) is 3. The molecule has 4 aromatic rings. The zero-order valence-corrected chi connectivity index (χ0v) is 18.7. The van der Waals surface area contributed by atoms with Gasteiger partial charge in [-0.25, -0.2) is 14.4 Å². The van der Waals surface area contributed by atoms with Crippen LogP contribution < -0.4 is 15.2 Å². The first-order chi connectivity index (χ1) is 16.0. The van der Waals surface area contributed by atoms with E-state index < -0.39 is 0 Å². The monoisotopic (exact) mass is 440 g/mol. The molecule has 0 saturated heterocycles. The fraction of sp³-hybridized carbons (Fsp3) is 0.185. The van der Waals surface area contributed by atoms with Gasteiger partial charge in [-0.1, -0.05) is 24.8 Å². The summed E-state index contributed by atoms with van der Waals surface area (Å²) in [4.78, 5) is 14.5. The second-order valence-electron chi connectivity index (χ2n) is 8.16. The van der Waals surface area contributed by atoms with Crippen LogP contribution in [0.1, 0.15) is 18.3 Å². The minimum atomic E-state index is -0.306. The summed E-state index contributed by atoms with van der Waals surface area (Å²) >= 11 is 0. The number of hydrogen-bond donors (Lipinski definition) is 1. The Kier molecular flexibility index (Phi) is 5.42. The summed E-state index contributed by atoms with van der Waals surface area (Å²) in [5.41, 5.74) is 5.22. The number of ether oxygens (including phenoxy) is 1. The van der Waals surface area contributed by atoms with Crippen LogP contribution in [0.15, 0.2) is 59.6 Å². The zero-order valence-electron chi connectivity index (χ0n) is 18.7. The number of aromatic nitrogens is 2. The molecule has 0 saturated carbocycles. The minimum absolute atomic E-state index is 0.306. The van der Waals surface area contributed by atoms with Gasteiger partial charge < -0.3 is 14.6 Å². The van der Waals surface area contributed by atoms with Gasteiger partial charge in [0.25, 0.3) is 0 Å². The second-order valence-corrected chi connectivity index (χ2v) is 8.16. The van der Waals surface area contributed by atoms with Crippen LogP contribution in [0.5, 0.6) is 5.75 Å². The smallest absolute Gasteiger partial charge is 0.136 e. The molecule has 0 unspecified atom stereocenters. The lowest BCUT2D eigenvalue weighted by Crippen LogP contribution is -2.34. The normalized spacial score (nSPS) is 14.8.